The van der Waals surface area contributed by atoms with Crippen LogP contribution in [0.25, 0.3) is 0 Å². The van der Waals surface area contributed by atoms with Gasteiger partial charge in [-0.05, 0) is 46.9 Å². The van der Waals surface area contributed by atoms with E-state index in [4.69, 9.17) is 4.74 Å². The minimum atomic E-state index is -0.483. The molecule has 2 rings (SSSR count). The van der Waals surface area contributed by atoms with E-state index in [0.29, 0.717) is 16.8 Å². The maximum atomic E-state index is 12.2. The molecule has 5 heteroatoms. The SMILES string of the molecule is COC(=O)c1ccccc1NC(=O)c1ccccc1I. The highest BCUT2D eigenvalue weighted by Crippen LogP contribution is 2.19. The van der Waals surface area contributed by atoms with E-state index in [-0.39, 0.29) is 5.91 Å². The molecule has 0 heterocycles. The highest BCUT2D eigenvalue weighted by Gasteiger charge is 2.15. The second kappa shape index (κ2) is 6.51. The van der Waals surface area contributed by atoms with Gasteiger partial charge in [-0.15, -0.1) is 0 Å². The van der Waals surface area contributed by atoms with Gasteiger partial charge in [-0.25, -0.2) is 4.79 Å². The first kappa shape index (κ1) is 14.5. The van der Waals surface area contributed by atoms with E-state index >= 15 is 0 Å². The fourth-order valence-corrected chi connectivity index (χ4v) is 2.35. The number of halogens is 1. The Labute approximate surface area is 130 Å². The first-order valence-corrected chi connectivity index (χ1v) is 6.94. The van der Waals surface area contributed by atoms with E-state index in [1.807, 2.05) is 12.1 Å². The van der Waals surface area contributed by atoms with Crippen LogP contribution in [0.15, 0.2) is 48.5 Å². The summed E-state index contributed by atoms with van der Waals surface area (Å²) in [6.45, 7) is 0. The molecule has 1 amide bonds. The van der Waals surface area contributed by atoms with Crippen molar-refractivity contribution in [1.82, 2.24) is 0 Å². The van der Waals surface area contributed by atoms with Gasteiger partial charge in [0.15, 0.2) is 0 Å². The highest BCUT2D eigenvalue weighted by atomic mass is 127. The summed E-state index contributed by atoms with van der Waals surface area (Å²) in [6.07, 6.45) is 0. The topological polar surface area (TPSA) is 55.4 Å². The van der Waals surface area contributed by atoms with Crippen LogP contribution in [-0.4, -0.2) is 19.0 Å². The predicted octanol–water partition coefficient (Wildman–Crippen LogP) is 3.33. The standard InChI is InChI=1S/C15H12INO3/c1-20-15(19)11-7-3-5-9-13(11)17-14(18)10-6-2-4-8-12(10)16/h2-9H,1H3,(H,17,18). The number of carbonyl (C=O) groups is 2. The normalized spacial score (nSPS) is 9.90. The van der Waals surface area contributed by atoms with Crippen LogP contribution < -0.4 is 5.32 Å². The second-order valence-corrected chi connectivity index (χ2v) is 5.13. The summed E-state index contributed by atoms with van der Waals surface area (Å²) in [7, 11) is 1.31. The molecule has 2 aromatic rings. The Morgan fingerprint density at radius 2 is 1.60 bits per heavy atom. The molecule has 0 aliphatic carbocycles. The Morgan fingerprint density at radius 1 is 1.00 bits per heavy atom. The molecule has 0 aromatic heterocycles. The van der Waals surface area contributed by atoms with Crippen molar-refractivity contribution >= 4 is 40.2 Å². The Morgan fingerprint density at radius 3 is 2.25 bits per heavy atom. The molecule has 0 radical (unpaired) electrons. The van der Waals surface area contributed by atoms with Crippen molar-refractivity contribution < 1.29 is 14.3 Å². The van der Waals surface area contributed by atoms with Gasteiger partial charge in [0.05, 0.1) is 23.9 Å². The molecule has 0 spiro atoms. The fraction of sp³-hybridized carbons (Fsp3) is 0.0667. The summed E-state index contributed by atoms with van der Waals surface area (Å²) >= 11 is 2.10. The van der Waals surface area contributed by atoms with Crippen molar-refractivity contribution in [1.29, 1.82) is 0 Å². The lowest BCUT2D eigenvalue weighted by Gasteiger charge is -2.10. The van der Waals surface area contributed by atoms with E-state index in [1.54, 1.807) is 36.4 Å². The Kier molecular flexibility index (Phi) is 4.73. The number of rotatable bonds is 3. The predicted molar refractivity (Wildman–Crippen MR) is 84.9 cm³/mol. The molecule has 4 nitrogen and oxygen atoms in total. The minimum absolute atomic E-state index is 0.258. The van der Waals surface area contributed by atoms with E-state index < -0.39 is 5.97 Å². The number of nitrogens with one attached hydrogen (secondary N) is 1. The fourth-order valence-electron chi connectivity index (χ4n) is 1.72. The third kappa shape index (κ3) is 3.16. The van der Waals surface area contributed by atoms with E-state index in [2.05, 4.69) is 27.9 Å². The summed E-state index contributed by atoms with van der Waals surface area (Å²) in [6, 6.07) is 14.0. The quantitative estimate of drug-likeness (QED) is 0.656. The largest absolute Gasteiger partial charge is 0.465 e. The number of methoxy groups -OCH3 is 1. The molecular weight excluding hydrogens is 369 g/mol. The summed E-state index contributed by atoms with van der Waals surface area (Å²) in [5, 5.41) is 2.74. The zero-order chi connectivity index (χ0) is 14.5. The molecule has 0 saturated heterocycles. The van der Waals surface area contributed by atoms with Gasteiger partial charge in [-0.3, -0.25) is 4.79 Å². The van der Waals surface area contributed by atoms with Crippen LogP contribution >= 0.6 is 22.6 Å². The average molecular weight is 381 g/mol. The molecule has 0 fully saturated rings. The number of benzene rings is 2. The second-order valence-electron chi connectivity index (χ2n) is 3.97. The Hall–Kier alpha value is -1.89. The first-order chi connectivity index (χ1) is 9.63. The lowest BCUT2D eigenvalue weighted by molar-refractivity contribution is 0.0602. The van der Waals surface area contributed by atoms with Gasteiger partial charge in [-0.1, -0.05) is 24.3 Å². The van der Waals surface area contributed by atoms with Gasteiger partial charge in [0.25, 0.3) is 5.91 Å². The van der Waals surface area contributed by atoms with Gasteiger partial charge in [0.1, 0.15) is 0 Å². The summed E-state index contributed by atoms with van der Waals surface area (Å²) < 4.78 is 5.54. The zero-order valence-electron chi connectivity index (χ0n) is 10.7. The van der Waals surface area contributed by atoms with Crippen molar-refractivity contribution in [2.45, 2.75) is 0 Å². The highest BCUT2D eigenvalue weighted by molar-refractivity contribution is 14.1. The number of esters is 1. The Bertz CT molecular complexity index is 655. The van der Waals surface area contributed by atoms with E-state index in [0.717, 1.165) is 3.57 Å². The molecule has 0 aliphatic heterocycles. The number of carbonyl (C=O) groups excluding carboxylic acids is 2. The average Bonchev–Trinajstić information content (AvgIpc) is 2.47. The third-order valence-corrected chi connectivity index (χ3v) is 3.64. The van der Waals surface area contributed by atoms with Crippen LogP contribution in [0.5, 0.6) is 0 Å². The van der Waals surface area contributed by atoms with Crippen molar-refractivity contribution in [3.05, 3.63) is 63.2 Å². The monoisotopic (exact) mass is 381 g/mol. The van der Waals surface area contributed by atoms with Gasteiger partial charge in [-0.2, -0.15) is 0 Å². The zero-order valence-corrected chi connectivity index (χ0v) is 12.9. The van der Waals surface area contributed by atoms with Gasteiger partial charge in [0, 0.05) is 3.57 Å². The van der Waals surface area contributed by atoms with Crippen molar-refractivity contribution in [3.63, 3.8) is 0 Å². The molecule has 0 aliphatic rings. The van der Waals surface area contributed by atoms with Gasteiger partial charge < -0.3 is 10.1 Å². The van der Waals surface area contributed by atoms with Crippen LogP contribution in [-0.2, 0) is 4.74 Å². The van der Waals surface area contributed by atoms with Crippen LogP contribution in [0.4, 0.5) is 5.69 Å². The van der Waals surface area contributed by atoms with E-state index in [1.165, 1.54) is 7.11 Å². The molecule has 0 atom stereocenters. The molecule has 0 saturated carbocycles. The lowest BCUT2D eigenvalue weighted by atomic mass is 10.1. The Balaban J connectivity index is 2.29. The van der Waals surface area contributed by atoms with Crippen LogP contribution in [0, 0.1) is 3.57 Å². The van der Waals surface area contributed by atoms with Crippen molar-refractivity contribution in [3.8, 4) is 0 Å². The van der Waals surface area contributed by atoms with Crippen LogP contribution in [0.3, 0.4) is 0 Å². The van der Waals surface area contributed by atoms with Crippen molar-refractivity contribution in [2.75, 3.05) is 12.4 Å². The smallest absolute Gasteiger partial charge is 0.339 e. The summed E-state index contributed by atoms with van der Waals surface area (Å²) in [5.41, 5.74) is 1.33. The maximum Gasteiger partial charge on any atom is 0.339 e. The lowest BCUT2D eigenvalue weighted by Crippen LogP contribution is -2.16. The molecule has 1 N–H and O–H groups in total. The molecule has 0 bridgehead atoms. The molecule has 0 unspecified atom stereocenters. The number of hydrogen-bond donors (Lipinski definition) is 1. The maximum absolute atomic E-state index is 12.2. The first-order valence-electron chi connectivity index (χ1n) is 5.86. The van der Waals surface area contributed by atoms with Crippen LogP contribution in [0.1, 0.15) is 20.7 Å². The number of anilines is 1. The number of hydrogen-bond acceptors (Lipinski definition) is 3. The van der Waals surface area contributed by atoms with Crippen molar-refractivity contribution in [2.24, 2.45) is 0 Å². The molecule has 20 heavy (non-hydrogen) atoms. The molecule has 102 valence electrons. The summed E-state index contributed by atoms with van der Waals surface area (Å²) in [4.78, 5) is 23.9. The third-order valence-electron chi connectivity index (χ3n) is 2.70. The number of amides is 1. The molecular formula is C15H12INO3. The van der Waals surface area contributed by atoms with Gasteiger partial charge >= 0.3 is 5.97 Å². The van der Waals surface area contributed by atoms with E-state index in [9.17, 15) is 9.59 Å². The number of ether oxygens (including phenoxy) is 1. The molecule has 2 aromatic carbocycles. The van der Waals surface area contributed by atoms with Gasteiger partial charge in [0.2, 0.25) is 0 Å². The van der Waals surface area contributed by atoms with Crippen LogP contribution in [0.2, 0.25) is 0 Å². The minimum Gasteiger partial charge on any atom is -0.465 e. The summed E-state index contributed by atoms with van der Waals surface area (Å²) in [5.74, 6) is -0.741. The number of para-hydroxylation sites is 1.